The second-order valence-electron chi connectivity index (χ2n) is 5.94. The minimum absolute atomic E-state index is 0.192. The number of carbonyl (C=O) groups is 2. The molecule has 0 aliphatic carbocycles. The van der Waals surface area contributed by atoms with Crippen molar-refractivity contribution in [2.24, 2.45) is 0 Å². The summed E-state index contributed by atoms with van der Waals surface area (Å²) in [5, 5.41) is 6.89. The van der Waals surface area contributed by atoms with Gasteiger partial charge in [0.1, 0.15) is 10.7 Å². The summed E-state index contributed by atoms with van der Waals surface area (Å²) in [5.41, 5.74) is 6.86. The van der Waals surface area contributed by atoms with Gasteiger partial charge in [-0.2, -0.15) is 5.10 Å². The Morgan fingerprint density at radius 1 is 0.966 bits per heavy atom. The van der Waals surface area contributed by atoms with Crippen LogP contribution in [0.15, 0.2) is 72.4 Å². The monoisotopic (exact) mass is 423 g/mol. The van der Waals surface area contributed by atoms with Crippen LogP contribution < -0.4 is 10.9 Å². The number of halogens is 1. The van der Waals surface area contributed by atoms with E-state index in [0.29, 0.717) is 10.0 Å². The van der Waals surface area contributed by atoms with Gasteiger partial charge in [-0.1, -0.05) is 41.9 Å². The normalized spacial score (nSPS) is 10.5. The van der Waals surface area contributed by atoms with E-state index in [-0.39, 0.29) is 11.3 Å². The molecule has 2 aromatic heterocycles. The SMILES string of the molecule is O=C(NNC(=O)c1ccccc1Cl)c1csc(-c2cnn(-c3ccccc3)c2)n1. The van der Waals surface area contributed by atoms with E-state index in [1.54, 1.807) is 40.5 Å². The van der Waals surface area contributed by atoms with Gasteiger partial charge in [0.25, 0.3) is 11.8 Å². The molecule has 2 N–H and O–H groups in total. The van der Waals surface area contributed by atoms with Crippen molar-refractivity contribution in [3.05, 3.63) is 88.7 Å². The van der Waals surface area contributed by atoms with Crippen molar-refractivity contribution >= 4 is 34.8 Å². The van der Waals surface area contributed by atoms with Crippen molar-refractivity contribution in [1.82, 2.24) is 25.6 Å². The molecule has 0 saturated heterocycles. The first-order chi connectivity index (χ1) is 14.1. The second-order valence-corrected chi connectivity index (χ2v) is 7.20. The van der Waals surface area contributed by atoms with E-state index in [9.17, 15) is 9.59 Å². The van der Waals surface area contributed by atoms with Crippen LogP contribution in [-0.2, 0) is 0 Å². The number of hydrogen-bond acceptors (Lipinski definition) is 5. The van der Waals surface area contributed by atoms with Gasteiger partial charge in [0.15, 0.2) is 0 Å². The number of nitrogens with one attached hydrogen (secondary N) is 2. The van der Waals surface area contributed by atoms with Crippen molar-refractivity contribution < 1.29 is 9.59 Å². The number of hydrazine groups is 1. The maximum absolute atomic E-state index is 12.3. The minimum atomic E-state index is -0.525. The van der Waals surface area contributed by atoms with Gasteiger partial charge in [-0.25, -0.2) is 9.67 Å². The number of carbonyl (C=O) groups excluding carboxylic acids is 2. The molecule has 0 aliphatic rings. The summed E-state index contributed by atoms with van der Waals surface area (Å²) < 4.78 is 1.74. The lowest BCUT2D eigenvalue weighted by atomic mass is 10.2. The summed E-state index contributed by atoms with van der Waals surface area (Å²) >= 11 is 7.29. The van der Waals surface area contributed by atoms with Crippen molar-refractivity contribution in [1.29, 1.82) is 0 Å². The fourth-order valence-corrected chi connectivity index (χ4v) is 3.55. The van der Waals surface area contributed by atoms with Gasteiger partial charge < -0.3 is 0 Å². The maximum Gasteiger partial charge on any atom is 0.289 e. The van der Waals surface area contributed by atoms with E-state index in [2.05, 4.69) is 20.9 Å². The van der Waals surface area contributed by atoms with Crippen LogP contribution in [0, 0.1) is 0 Å². The Hall–Kier alpha value is -3.49. The average molecular weight is 424 g/mol. The molecule has 0 atom stereocenters. The van der Waals surface area contributed by atoms with E-state index < -0.39 is 11.8 Å². The van der Waals surface area contributed by atoms with Crippen molar-refractivity contribution in [3.8, 4) is 16.3 Å². The molecule has 29 heavy (non-hydrogen) atoms. The molecule has 4 rings (SSSR count). The number of benzene rings is 2. The predicted octanol–water partition coefficient (Wildman–Crippen LogP) is 3.72. The quantitative estimate of drug-likeness (QED) is 0.489. The number of amides is 2. The summed E-state index contributed by atoms with van der Waals surface area (Å²) in [5.74, 6) is -1.04. The molecule has 0 aliphatic heterocycles. The third-order valence-corrected chi connectivity index (χ3v) is 5.22. The molecule has 0 unspecified atom stereocenters. The van der Waals surface area contributed by atoms with Crippen LogP contribution in [0.2, 0.25) is 5.02 Å². The second kappa shape index (κ2) is 8.26. The number of para-hydroxylation sites is 1. The molecule has 0 fully saturated rings. The third kappa shape index (κ3) is 4.18. The number of thiazole rings is 1. The van der Waals surface area contributed by atoms with Crippen LogP contribution in [0.4, 0.5) is 0 Å². The smallest absolute Gasteiger partial charge is 0.267 e. The van der Waals surface area contributed by atoms with Gasteiger partial charge in [-0.15, -0.1) is 11.3 Å². The molecule has 7 nitrogen and oxygen atoms in total. The molecule has 0 spiro atoms. The number of aromatic nitrogens is 3. The topological polar surface area (TPSA) is 88.9 Å². The van der Waals surface area contributed by atoms with E-state index in [1.807, 2.05) is 36.5 Å². The van der Waals surface area contributed by atoms with Gasteiger partial charge in [0, 0.05) is 17.1 Å². The highest BCUT2D eigenvalue weighted by Gasteiger charge is 2.15. The Balaban J connectivity index is 1.42. The average Bonchev–Trinajstić information content (AvgIpc) is 3.42. The summed E-state index contributed by atoms with van der Waals surface area (Å²) in [7, 11) is 0. The molecule has 0 saturated carbocycles. The van der Waals surface area contributed by atoms with Gasteiger partial charge >= 0.3 is 0 Å². The lowest BCUT2D eigenvalue weighted by molar-refractivity contribution is 0.0844. The largest absolute Gasteiger partial charge is 0.289 e. The van der Waals surface area contributed by atoms with Crippen molar-refractivity contribution in [3.63, 3.8) is 0 Å². The Morgan fingerprint density at radius 2 is 1.69 bits per heavy atom. The van der Waals surface area contributed by atoms with Crippen molar-refractivity contribution in [2.45, 2.75) is 0 Å². The highest BCUT2D eigenvalue weighted by atomic mass is 35.5. The van der Waals surface area contributed by atoms with E-state index in [0.717, 1.165) is 11.3 Å². The summed E-state index contributed by atoms with van der Waals surface area (Å²) in [6.45, 7) is 0. The van der Waals surface area contributed by atoms with Crippen molar-refractivity contribution in [2.75, 3.05) is 0 Å². The summed E-state index contributed by atoms with van der Waals surface area (Å²) in [6.07, 6.45) is 3.53. The maximum atomic E-state index is 12.3. The lowest BCUT2D eigenvalue weighted by Gasteiger charge is -2.07. The fourth-order valence-electron chi connectivity index (χ4n) is 2.56. The number of hydrogen-bond donors (Lipinski definition) is 2. The third-order valence-electron chi connectivity index (χ3n) is 4.00. The number of rotatable bonds is 4. The zero-order valence-corrected chi connectivity index (χ0v) is 16.4. The summed E-state index contributed by atoms with van der Waals surface area (Å²) in [4.78, 5) is 28.8. The molecule has 0 radical (unpaired) electrons. The van der Waals surface area contributed by atoms with Gasteiger partial charge in [-0.05, 0) is 24.3 Å². The molecule has 0 bridgehead atoms. The Labute approximate surface area is 174 Å². The Bertz CT molecular complexity index is 1170. The molecular weight excluding hydrogens is 410 g/mol. The molecule has 2 heterocycles. The van der Waals surface area contributed by atoms with Crippen LogP contribution in [0.3, 0.4) is 0 Å². The van der Waals surface area contributed by atoms with E-state index in [1.165, 1.54) is 11.3 Å². The first-order valence-electron chi connectivity index (χ1n) is 8.53. The molecule has 2 amide bonds. The first-order valence-corrected chi connectivity index (χ1v) is 9.79. The van der Waals surface area contributed by atoms with Gasteiger partial charge in [0.05, 0.1) is 22.5 Å². The first kappa shape index (κ1) is 18.9. The van der Waals surface area contributed by atoms with Crippen LogP contribution in [0.1, 0.15) is 20.8 Å². The lowest BCUT2D eigenvalue weighted by Crippen LogP contribution is -2.41. The predicted molar refractivity (Wildman–Crippen MR) is 111 cm³/mol. The van der Waals surface area contributed by atoms with Crippen LogP contribution >= 0.6 is 22.9 Å². The van der Waals surface area contributed by atoms with Gasteiger partial charge in [-0.3, -0.25) is 20.4 Å². The van der Waals surface area contributed by atoms with Crippen LogP contribution in [0.5, 0.6) is 0 Å². The highest BCUT2D eigenvalue weighted by Crippen LogP contribution is 2.24. The highest BCUT2D eigenvalue weighted by molar-refractivity contribution is 7.13. The van der Waals surface area contributed by atoms with Crippen LogP contribution in [-0.4, -0.2) is 26.6 Å². The molecule has 144 valence electrons. The summed E-state index contributed by atoms with van der Waals surface area (Å²) in [6, 6.07) is 16.2. The van der Waals surface area contributed by atoms with E-state index in [4.69, 9.17) is 11.6 Å². The zero-order chi connectivity index (χ0) is 20.2. The molecule has 4 aromatic rings. The standard InChI is InChI=1S/C20H14ClN5O2S/c21-16-9-5-4-8-15(16)18(27)24-25-19(28)17-12-29-20(23-17)13-10-22-26(11-13)14-6-2-1-3-7-14/h1-12H,(H,24,27)(H,25,28). The number of nitrogens with zero attached hydrogens (tertiary/aromatic N) is 3. The fraction of sp³-hybridized carbons (Fsp3) is 0. The molecule has 2 aromatic carbocycles. The Morgan fingerprint density at radius 3 is 2.48 bits per heavy atom. The van der Waals surface area contributed by atoms with E-state index >= 15 is 0 Å². The molecule has 9 heteroatoms. The molecular formula is C20H14ClN5O2S. The zero-order valence-electron chi connectivity index (χ0n) is 14.9. The minimum Gasteiger partial charge on any atom is -0.267 e. The van der Waals surface area contributed by atoms with Gasteiger partial charge in [0.2, 0.25) is 0 Å². The van der Waals surface area contributed by atoms with Crippen LogP contribution in [0.25, 0.3) is 16.3 Å². The Kier molecular flexibility index (Phi) is 5.37.